The number of quaternary nitrogens is 1. The summed E-state index contributed by atoms with van der Waals surface area (Å²) in [5, 5.41) is 2.90. The second kappa shape index (κ2) is 7.21. The van der Waals surface area contributed by atoms with E-state index in [0.29, 0.717) is 29.4 Å². The smallest absolute Gasteiger partial charge is 0.279 e. The lowest BCUT2D eigenvalue weighted by molar-refractivity contribution is -0.892. The van der Waals surface area contributed by atoms with Crippen molar-refractivity contribution in [3.05, 3.63) is 48.3 Å². The number of benzene rings is 2. The summed E-state index contributed by atoms with van der Waals surface area (Å²) >= 11 is 0. The number of hydrogen-bond donors (Lipinski definition) is 2. The normalized spacial score (nSPS) is 16.6. The van der Waals surface area contributed by atoms with Crippen LogP contribution in [-0.4, -0.2) is 45.4 Å². The van der Waals surface area contributed by atoms with Gasteiger partial charge in [-0.25, -0.2) is 4.39 Å². The number of amides is 1. The standard InChI is InChI=1S/C19H20FN3O3/c20-15-3-1-2-4-16(15)23-9-7-22(8-10-23)12-19(24)21-14-5-6-17-18(11-14)26-13-25-17/h1-6,11H,7-10,12-13H2,(H,21,24)/p+1. The highest BCUT2D eigenvalue weighted by atomic mass is 19.1. The van der Waals surface area contributed by atoms with Crippen LogP contribution in [0.1, 0.15) is 0 Å². The van der Waals surface area contributed by atoms with Crippen molar-refractivity contribution in [2.45, 2.75) is 0 Å². The molecule has 4 rings (SSSR count). The summed E-state index contributed by atoms with van der Waals surface area (Å²) in [6.45, 7) is 3.65. The number of para-hydroxylation sites is 1. The molecule has 7 heteroatoms. The van der Waals surface area contributed by atoms with Gasteiger partial charge in [0.2, 0.25) is 6.79 Å². The Bertz CT molecular complexity index is 806. The molecule has 2 aliphatic heterocycles. The number of nitrogens with zero attached hydrogens (tertiary/aromatic N) is 1. The van der Waals surface area contributed by atoms with Gasteiger partial charge in [0.1, 0.15) is 5.82 Å². The van der Waals surface area contributed by atoms with Crippen molar-refractivity contribution in [2.24, 2.45) is 0 Å². The fourth-order valence-electron chi connectivity index (χ4n) is 3.36. The van der Waals surface area contributed by atoms with E-state index in [1.165, 1.54) is 11.0 Å². The zero-order chi connectivity index (χ0) is 17.9. The van der Waals surface area contributed by atoms with Crippen molar-refractivity contribution in [1.29, 1.82) is 0 Å². The molecule has 0 aromatic heterocycles. The van der Waals surface area contributed by atoms with Crippen LogP contribution in [0.25, 0.3) is 0 Å². The molecule has 2 N–H and O–H groups in total. The molecule has 6 nitrogen and oxygen atoms in total. The number of ether oxygens (including phenoxy) is 2. The van der Waals surface area contributed by atoms with Crippen molar-refractivity contribution in [1.82, 2.24) is 0 Å². The molecule has 2 heterocycles. The van der Waals surface area contributed by atoms with Crippen LogP contribution in [0.5, 0.6) is 11.5 Å². The van der Waals surface area contributed by atoms with Gasteiger partial charge in [-0.2, -0.15) is 0 Å². The summed E-state index contributed by atoms with van der Waals surface area (Å²) in [5.41, 5.74) is 1.33. The molecule has 1 fully saturated rings. The lowest BCUT2D eigenvalue weighted by Crippen LogP contribution is -3.15. The molecule has 0 radical (unpaired) electrons. The molecule has 0 saturated carbocycles. The lowest BCUT2D eigenvalue weighted by Gasteiger charge is -2.33. The van der Waals surface area contributed by atoms with Crippen molar-refractivity contribution < 1.29 is 23.6 Å². The molecule has 2 aromatic rings. The first-order valence-corrected chi connectivity index (χ1v) is 8.71. The molecule has 0 bridgehead atoms. The van der Waals surface area contributed by atoms with Gasteiger partial charge in [0.05, 0.1) is 31.9 Å². The Labute approximate surface area is 151 Å². The molecule has 136 valence electrons. The highest BCUT2D eigenvalue weighted by molar-refractivity contribution is 5.91. The minimum absolute atomic E-state index is 0.0433. The molecule has 2 aromatic carbocycles. The van der Waals surface area contributed by atoms with Crippen LogP contribution in [0, 0.1) is 5.82 Å². The molecule has 1 amide bonds. The molecular weight excluding hydrogens is 337 g/mol. The van der Waals surface area contributed by atoms with Crippen molar-refractivity contribution in [2.75, 3.05) is 49.7 Å². The monoisotopic (exact) mass is 358 g/mol. The van der Waals surface area contributed by atoms with Crippen LogP contribution in [0.4, 0.5) is 15.8 Å². The number of hydrogen-bond acceptors (Lipinski definition) is 4. The third-order valence-corrected chi connectivity index (χ3v) is 4.73. The van der Waals surface area contributed by atoms with Crippen molar-refractivity contribution in [3.63, 3.8) is 0 Å². The van der Waals surface area contributed by atoms with Crippen LogP contribution in [-0.2, 0) is 4.79 Å². The number of rotatable bonds is 4. The van der Waals surface area contributed by atoms with Crippen LogP contribution >= 0.6 is 0 Å². The van der Waals surface area contributed by atoms with E-state index in [9.17, 15) is 9.18 Å². The second-order valence-electron chi connectivity index (χ2n) is 6.48. The quantitative estimate of drug-likeness (QED) is 0.853. The van der Waals surface area contributed by atoms with Gasteiger partial charge in [-0.3, -0.25) is 4.79 Å². The summed E-state index contributed by atoms with van der Waals surface area (Å²) in [4.78, 5) is 15.5. The number of anilines is 2. The first-order chi connectivity index (χ1) is 12.7. The van der Waals surface area contributed by atoms with E-state index in [4.69, 9.17) is 9.47 Å². The van der Waals surface area contributed by atoms with E-state index in [0.717, 1.165) is 26.2 Å². The second-order valence-corrected chi connectivity index (χ2v) is 6.48. The lowest BCUT2D eigenvalue weighted by atomic mass is 10.2. The van der Waals surface area contributed by atoms with Gasteiger partial charge in [-0.1, -0.05) is 12.1 Å². The van der Waals surface area contributed by atoms with Crippen LogP contribution in [0.3, 0.4) is 0 Å². The van der Waals surface area contributed by atoms with Crippen LogP contribution in [0.2, 0.25) is 0 Å². The van der Waals surface area contributed by atoms with Gasteiger partial charge in [0.25, 0.3) is 5.91 Å². The summed E-state index contributed by atoms with van der Waals surface area (Å²) in [5.74, 6) is 1.10. The number of piperazine rings is 1. The Balaban J connectivity index is 1.29. The molecule has 26 heavy (non-hydrogen) atoms. The summed E-state index contributed by atoms with van der Waals surface area (Å²) in [6, 6.07) is 12.2. The number of carbonyl (C=O) groups excluding carboxylic acids is 1. The van der Waals surface area contributed by atoms with E-state index >= 15 is 0 Å². The van der Waals surface area contributed by atoms with E-state index in [-0.39, 0.29) is 18.5 Å². The fraction of sp³-hybridized carbons (Fsp3) is 0.316. The average molecular weight is 358 g/mol. The number of halogens is 1. The minimum Gasteiger partial charge on any atom is -0.454 e. The first kappa shape index (κ1) is 16.7. The topological polar surface area (TPSA) is 55.2 Å². The number of nitrogens with one attached hydrogen (secondary N) is 2. The molecule has 1 saturated heterocycles. The van der Waals surface area contributed by atoms with E-state index in [1.54, 1.807) is 30.3 Å². The maximum absolute atomic E-state index is 13.9. The summed E-state index contributed by atoms with van der Waals surface area (Å²) < 4.78 is 24.5. The SMILES string of the molecule is O=C(C[NH+]1CCN(c2ccccc2F)CC1)Nc1ccc2c(c1)OCO2. The molecule has 2 aliphatic rings. The van der Waals surface area contributed by atoms with Gasteiger partial charge < -0.3 is 24.6 Å². The maximum atomic E-state index is 13.9. The molecule has 0 unspecified atom stereocenters. The van der Waals surface area contributed by atoms with Crippen molar-refractivity contribution in [3.8, 4) is 11.5 Å². The Kier molecular flexibility index (Phi) is 4.62. The van der Waals surface area contributed by atoms with Gasteiger partial charge in [-0.05, 0) is 24.3 Å². The van der Waals surface area contributed by atoms with E-state index < -0.39 is 0 Å². The maximum Gasteiger partial charge on any atom is 0.279 e. The zero-order valence-electron chi connectivity index (χ0n) is 14.3. The largest absolute Gasteiger partial charge is 0.454 e. The van der Waals surface area contributed by atoms with E-state index in [1.807, 2.05) is 11.0 Å². The highest BCUT2D eigenvalue weighted by Crippen LogP contribution is 2.34. The Morgan fingerprint density at radius 3 is 2.69 bits per heavy atom. The molecule has 0 atom stereocenters. The predicted molar refractivity (Wildman–Crippen MR) is 95.4 cm³/mol. The predicted octanol–water partition coefficient (Wildman–Crippen LogP) is 0.898. The zero-order valence-corrected chi connectivity index (χ0v) is 14.3. The Hall–Kier alpha value is -2.80. The third kappa shape index (κ3) is 3.57. The molecule has 0 aliphatic carbocycles. The average Bonchev–Trinajstić information content (AvgIpc) is 3.11. The van der Waals surface area contributed by atoms with Gasteiger partial charge >= 0.3 is 0 Å². The van der Waals surface area contributed by atoms with Gasteiger partial charge in [-0.15, -0.1) is 0 Å². The highest BCUT2D eigenvalue weighted by Gasteiger charge is 2.24. The molecular formula is C19H21FN3O3+. The van der Waals surface area contributed by atoms with Gasteiger partial charge in [0, 0.05) is 11.8 Å². The molecule has 0 spiro atoms. The fourth-order valence-corrected chi connectivity index (χ4v) is 3.36. The Morgan fingerprint density at radius 2 is 1.88 bits per heavy atom. The summed E-state index contributed by atoms with van der Waals surface area (Å²) in [6.07, 6.45) is 0. The van der Waals surface area contributed by atoms with Gasteiger partial charge in [0.15, 0.2) is 18.0 Å². The number of fused-ring (bicyclic) bond motifs is 1. The van der Waals surface area contributed by atoms with E-state index in [2.05, 4.69) is 5.32 Å². The first-order valence-electron chi connectivity index (χ1n) is 8.71. The van der Waals surface area contributed by atoms with Crippen molar-refractivity contribution >= 4 is 17.3 Å². The van der Waals surface area contributed by atoms with Crippen LogP contribution in [0.15, 0.2) is 42.5 Å². The summed E-state index contributed by atoms with van der Waals surface area (Å²) in [7, 11) is 0. The third-order valence-electron chi connectivity index (χ3n) is 4.73. The Morgan fingerprint density at radius 1 is 1.12 bits per heavy atom. The minimum atomic E-state index is -0.198. The number of carbonyl (C=O) groups is 1. The van der Waals surface area contributed by atoms with Crippen LogP contribution < -0.4 is 24.6 Å².